The zero-order valence-electron chi connectivity index (χ0n) is 14.1. The largest absolute Gasteiger partial charge is 0.353 e. The minimum atomic E-state index is -2.98. The second-order valence-corrected chi connectivity index (χ2v) is 8.95. The van der Waals surface area contributed by atoms with Crippen molar-refractivity contribution in [1.29, 1.82) is 0 Å². The van der Waals surface area contributed by atoms with Crippen molar-refractivity contribution >= 4 is 15.7 Å². The zero-order chi connectivity index (χ0) is 17.3. The molecule has 2 aliphatic rings. The summed E-state index contributed by atoms with van der Waals surface area (Å²) in [5.74, 6) is 1.08. The Morgan fingerprint density at radius 2 is 1.76 bits per heavy atom. The van der Waals surface area contributed by atoms with E-state index in [0.29, 0.717) is 6.42 Å². The fourth-order valence-corrected chi connectivity index (χ4v) is 4.84. The Morgan fingerprint density at radius 1 is 1.00 bits per heavy atom. The van der Waals surface area contributed by atoms with E-state index in [9.17, 15) is 8.42 Å². The first-order valence-electron chi connectivity index (χ1n) is 8.66. The van der Waals surface area contributed by atoms with Crippen LogP contribution in [0.2, 0.25) is 0 Å². The van der Waals surface area contributed by atoms with E-state index in [1.807, 2.05) is 12.1 Å². The molecular formula is C18H22N4O2S. The molecule has 1 aromatic heterocycles. The number of nitrogens with zero attached hydrogens (tertiary/aromatic N) is 4. The van der Waals surface area contributed by atoms with Gasteiger partial charge in [0.05, 0.1) is 17.2 Å². The van der Waals surface area contributed by atoms with Crippen LogP contribution >= 0.6 is 0 Å². The Morgan fingerprint density at radius 3 is 2.52 bits per heavy atom. The molecule has 0 radical (unpaired) electrons. The molecule has 0 N–H and O–H groups in total. The van der Waals surface area contributed by atoms with E-state index < -0.39 is 9.84 Å². The summed E-state index contributed by atoms with van der Waals surface area (Å²) in [5, 5.41) is 8.61. The normalized spacial score (nSPS) is 20.2. The molecule has 0 bridgehead atoms. The summed E-state index contributed by atoms with van der Waals surface area (Å²) in [6, 6.07) is 12.4. The van der Waals surface area contributed by atoms with Crippen LogP contribution < -0.4 is 4.90 Å². The fourth-order valence-electron chi connectivity index (χ4n) is 3.47. The molecule has 132 valence electrons. The van der Waals surface area contributed by atoms with E-state index >= 15 is 0 Å². The Balaban J connectivity index is 1.41. The Hall–Kier alpha value is -1.99. The van der Waals surface area contributed by atoms with Crippen molar-refractivity contribution in [3.8, 4) is 0 Å². The van der Waals surface area contributed by atoms with Crippen molar-refractivity contribution in [1.82, 2.24) is 15.1 Å². The monoisotopic (exact) mass is 358 g/mol. The maximum absolute atomic E-state index is 11.8. The third-order valence-corrected chi connectivity index (χ3v) is 6.49. The van der Waals surface area contributed by atoms with Gasteiger partial charge in [-0.05, 0) is 17.2 Å². The minimum Gasteiger partial charge on any atom is -0.353 e. The second-order valence-electron chi connectivity index (χ2n) is 6.77. The van der Waals surface area contributed by atoms with E-state index in [1.165, 1.54) is 5.56 Å². The number of hydrogen-bond acceptors (Lipinski definition) is 6. The van der Waals surface area contributed by atoms with Crippen LogP contribution in [-0.4, -0.2) is 55.4 Å². The predicted molar refractivity (Wildman–Crippen MR) is 97.2 cm³/mol. The van der Waals surface area contributed by atoms with E-state index in [0.717, 1.165) is 49.8 Å². The van der Waals surface area contributed by atoms with Crippen molar-refractivity contribution in [2.24, 2.45) is 0 Å². The van der Waals surface area contributed by atoms with Gasteiger partial charge in [0.1, 0.15) is 0 Å². The molecular weight excluding hydrogens is 336 g/mol. The lowest BCUT2D eigenvalue weighted by Gasteiger charge is -2.35. The van der Waals surface area contributed by atoms with Crippen molar-refractivity contribution in [2.45, 2.75) is 18.7 Å². The molecule has 1 aromatic carbocycles. The van der Waals surface area contributed by atoms with Gasteiger partial charge in [0.15, 0.2) is 15.7 Å². The summed E-state index contributed by atoms with van der Waals surface area (Å²) in [6.45, 7) is 4.65. The highest BCUT2D eigenvalue weighted by atomic mass is 32.2. The first kappa shape index (κ1) is 16.5. The second kappa shape index (κ2) is 6.72. The summed E-state index contributed by atoms with van der Waals surface area (Å²) in [5.41, 5.74) is 2.99. The number of aromatic nitrogens is 2. The number of piperazine rings is 1. The molecule has 1 saturated heterocycles. The van der Waals surface area contributed by atoms with Gasteiger partial charge in [-0.3, -0.25) is 4.90 Å². The van der Waals surface area contributed by atoms with Crippen LogP contribution in [0.5, 0.6) is 0 Å². The minimum absolute atomic E-state index is 0.0961. The van der Waals surface area contributed by atoms with Gasteiger partial charge < -0.3 is 4.90 Å². The molecule has 0 spiro atoms. The smallest absolute Gasteiger partial charge is 0.154 e. The summed E-state index contributed by atoms with van der Waals surface area (Å²) in [4.78, 5) is 4.64. The lowest BCUT2D eigenvalue weighted by Crippen LogP contribution is -2.46. The van der Waals surface area contributed by atoms with Crippen LogP contribution in [0.1, 0.15) is 16.8 Å². The van der Waals surface area contributed by atoms with Crippen LogP contribution in [0.25, 0.3) is 0 Å². The Kier molecular flexibility index (Phi) is 4.43. The number of rotatable bonds is 3. The summed E-state index contributed by atoms with van der Waals surface area (Å²) in [7, 11) is -2.98. The molecule has 0 aliphatic carbocycles. The van der Waals surface area contributed by atoms with Gasteiger partial charge in [0.25, 0.3) is 0 Å². The third-order valence-electron chi connectivity index (χ3n) is 4.92. The molecule has 2 aliphatic heterocycles. The molecule has 6 nitrogen and oxygen atoms in total. The van der Waals surface area contributed by atoms with Crippen LogP contribution in [0.15, 0.2) is 36.4 Å². The molecule has 3 heterocycles. The maximum atomic E-state index is 11.8. The van der Waals surface area contributed by atoms with Crippen LogP contribution in [-0.2, 0) is 28.6 Å². The highest BCUT2D eigenvalue weighted by molar-refractivity contribution is 7.90. The van der Waals surface area contributed by atoms with Crippen LogP contribution in [0.3, 0.4) is 0 Å². The zero-order valence-corrected chi connectivity index (χ0v) is 15.0. The number of benzene rings is 1. The number of hydrogen-bond donors (Lipinski definition) is 0. The van der Waals surface area contributed by atoms with E-state index in [1.54, 1.807) is 0 Å². The average Bonchev–Trinajstić information content (AvgIpc) is 2.62. The summed E-state index contributed by atoms with van der Waals surface area (Å²) in [6.07, 6.45) is 0.482. The van der Waals surface area contributed by atoms with Crippen molar-refractivity contribution in [3.05, 3.63) is 53.2 Å². The Bertz CT molecular complexity index is 847. The summed E-state index contributed by atoms with van der Waals surface area (Å²) < 4.78 is 23.7. The van der Waals surface area contributed by atoms with Crippen LogP contribution in [0, 0.1) is 0 Å². The number of anilines is 1. The first-order chi connectivity index (χ1) is 12.1. The molecule has 0 unspecified atom stereocenters. The molecule has 1 fully saturated rings. The van der Waals surface area contributed by atoms with Gasteiger partial charge in [0, 0.05) is 39.1 Å². The molecule has 2 aromatic rings. The van der Waals surface area contributed by atoms with E-state index in [2.05, 4.69) is 44.3 Å². The highest BCUT2D eigenvalue weighted by Crippen LogP contribution is 2.23. The number of sulfone groups is 1. The lowest BCUT2D eigenvalue weighted by molar-refractivity contribution is 0.249. The highest BCUT2D eigenvalue weighted by Gasteiger charge is 2.25. The van der Waals surface area contributed by atoms with Crippen LogP contribution in [0.4, 0.5) is 5.82 Å². The standard InChI is InChI=1S/C18H22N4O2S/c23-25(24)11-6-17-16(14-25)12-18(20-19-17)22-9-7-21(8-10-22)13-15-4-2-1-3-5-15/h1-5,12H,6-11,13-14H2. The molecule has 0 amide bonds. The predicted octanol–water partition coefficient (Wildman–Crippen LogP) is 1.27. The van der Waals surface area contributed by atoms with E-state index in [-0.39, 0.29) is 11.5 Å². The first-order valence-corrected chi connectivity index (χ1v) is 10.5. The molecule has 7 heteroatoms. The lowest BCUT2D eigenvalue weighted by atomic mass is 10.1. The average molecular weight is 358 g/mol. The number of aryl methyl sites for hydroxylation is 1. The van der Waals surface area contributed by atoms with Crippen molar-refractivity contribution in [3.63, 3.8) is 0 Å². The Labute approximate surface area is 148 Å². The maximum Gasteiger partial charge on any atom is 0.154 e. The number of fused-ring (bicyclic) bond motifs is 1. The fraction of sp³-hybridized carbons (Fsp3) is 0.444. The van der Waals surface area contributed by atoms with Gasteiger partial charge in [0.2, 0.25) is 0 Å². The molecule has 4 rings (SSSR count). The van der Waals surface area contributed by atoms with Gasteiger partial charge in [-0.1, -0.05) is 30.3 Å². The topological polar surface area (TPSA) is 66.4 Å². The van der Waals surface area contributed by atoms with Gasteiger partial charge in [-0.15, -0.1) is 5.10 Å². The van der Waals surface area contributed by atoms with Gasteiger partial charge in [-0.2, -0.15) is 5.10 Å². The third kappa shape index (κ3) is 3.82. The molecule has 0 saturated carbocycles. The van der Waals surface area contributed by atoms with Crippen molar-refractivity contribution < 1.29 is 8.42 Å². The quantitative estimate of drug-likeness (QED) is 0.823. The molecule has 25 heavy (non-hydrogen) atoms. The SMILES string of the molecule is O=S1(=O)CCc2nnc(N3CCN(Cc4ccccc4)CC3)cc2C1. The van der Waals surface area contributed by atoms with Crippen molar-refractivity contribution in [2.75, 3.05) is 36.8 Å². The van der Waals surface area contributed by atoms with E-state index in [4.69, 9.17) is 0 Å². The van der Waals surface area contributed by atoms with Gasteiger partial charge >= 0.3 is 0 Å². The van der Waals surface area contributed by atoms with Gasteiger partial charge in [-0.25, -0.2) is 8.42 Å². The summed E-state index contributed by atoms with van der Waals surface area (Å²) >= 11 is 0. The molecule has 0 atom stereocenters.